The minimum absolute atomic E-state index is 0.0589. The Kier molecular flexibility index (Phi) is 7.26. The molecule has 0 heterocycles. The third kappa shape index (κ3) is 6.30. The second kappa shape index (κ2) is 9.43. The zero-order valence-corrected chi connectivity index (χ0v) is 15.5. The Morgan fingerprint density at radius 2 is 1.78 bits per heavy atom. The average molecular weight is 398 g/mol. The number of nitrogens with zero attached hydrogens (tertiary/aromatic N) is 1. The lowest BCUT2D eigenvalue weighted by Gasteiger charge is -2.18. The Labute approximate surface area is 156 Å². The second-order valence-corrected chi connectivity index (χ2v) is 7.46. The Morgan fingerprint density at radius 3 is 2.44 bits per heavy atom. The molecule has 2 rings (SSSR count). The van der Waals surface area contributed by atoms with Crippen LogP contribution in [0.2, 0.25) is 0 Å². The van der Waals surface area contributed by atoms with Crippen LogP contribution in [-0.2, 0) is 14.8 Å². The molecule has 0 aliphatic heterocycles. The first-order valence-electron chi connectivity index (χ1n) is 8.16. The first kappa shape index (κ1) is 20.8. The molecule has 2 aromatic carbocycles. The lowest BCUT2D eigenvalue weighted by molar-refractivity contribution is -0.130. The highest BCUT2D eigenvalue weighted by Crippen LogP contribution is 2.15. The van der Waals surface area contributed by atoms with Gasteiger partial charge in [0.2, 0.25) is 15.9 Å². The Morgan fingerprint density at radius 1 is 1.11 bits per heavy atom. The van der Waals surface area contributed by atoms with Gasteiger partial charge in [-0.15, -0.1) is 0 Å². The van der Waals surface area contributed by atoms with Crippen molar-refractivity contribution in [1.29, 1.82) is 0 Å². The van der Waals surface area contributed by atoms with Gasteiger partial charge in [0.1, 0.15) is 12.4 Å². The van der Waals surface area contributed by atoms with Crippen LogP contribution in [0.1, 0.15) is 6.42 Å². The fourth-order valence-corrected chi connectivity index (χ4v) is 3.19. The molecular weight excluding hydrogens is 378 g/mol. The second-order valence-electron chi connectivity index (χ2n) is 5.70. The number of benzene rings is 2. The van der Waals surface area contributed by atoms with Crippen molar-refractivity contribution in [2.24, 2.45) is 0 Å². The van der Waals surface area contributed by atoms with Crippen molar-refractivity contribution in [3.05, 3.63) is 60.2 Å². The molecule has 0 saturated heterocycles. The maximum Gasteiger partial charge on any atom is 0.240 e. The summed E-state index contributed by atoms with van der Waals surface area (Å²) < 4.78 is 57.9. The molecule has 0 spiro atoms. The summed E-state index contributed by atoms with van der Waals surface area (Å²) in [5, 5.41) is 0. The lowest BCUT2D eigenvalue weighted by Crippen LogP contribution is -2.34. The summed E-state index contributed by atoms with van der Waals surface area (Å²) in [5.41, 5.74) is 0. The number of nitrogens with one attached hydrogen (secondary N) is 1. The third-order valence-corrected chi connectivity index (χ3v) is 5.18. The summed E-state index contributed by atoms with van der Waals surface area (Å²) in [4.78, 5) is 13.3. The number of para-hydroxylation sites is 1. The highest BCUT2D eigenvalue weighted by molar-refractivity contribution is 7.89. The molecule has 0 bridgehead atoms. The Balaban J connectivity index is 1.74. The number of halogens is 2. The van der Waals surface area contributed by atoms with Crippen molar-refractivity contribution in [1.82, 2.24) is 9.62 Å². The van der Waals surface area contributed by atoms with Crippen molar-refractivity contribution in [2.75, 3.05) is 26.7 Å². The third-order valence-electron chi connectivity index (χ3n) is 3.70. The maximum absolute atomic E-state index is 13.4. The average Bonchev–Trinajstić information content (AvgIpc) is 2.63. The fourth-order valence-electron chi connectivity index (χ4n) is 2.16. The van der Waals surface area contributed by atoms with Crippen LogP contribution >= 0.6 is 0 Å². The number of sulfonamides is 1. The van der Waals surface area contributed by atoms with E-state index in [1.807, 2.05) is 0 Å². The molecule has 0 aliphatic rings. The summed E-state index contributed by atoms with van der Waals surface area (Å²) in [6.07, 6.45) is -0.0589. The van der Waals surface area contributed by atoms with E-state index in [1.165, 1.54) is 17.0 Å². The van der Waals surface area contributed by atoms with Crippen molar-refractivity contribution in [2.45, 2.75) is 11.3 Å². The highest BCUT2D eigenvalue weighted by Gasteiger charge is 2.15. The van der Waals surface area contributed by atoms with E-state index in [2.05, 4.69) is 4.72 Å². The summed E-state index contributed by atoms with van der Waals surface area (Å²) in [6.45, 7) is 0.222. The smallest absolute Gasteiger partial charge is 0.240 e. The molecule has 0 saturated carbocycles. The number of hydrogen-bond donors (Lipinski definition) is 1. The molecule has 2 aromatic rings. The van der Waals surface area contributed by atoms with Crippen LogP contribution in [0.4, 0.5) is 8.78 Å². The largest absolute Gasteiger partial charge is 0.489 e. The van der Waals surface area contributed by atoms with Gasteiger partial charge < -0.3 is 9.64 Å². The van der Waals surface area contributed by atoms with Gasteiger partial charge in [-0.25, -0.2) is 21.9 Å². The summed E-state index contributed by atoms with van der Waals surface area (Å²) in [6, 6.07) is 10.3. The normalized spacial score (nSPS) is 11.2. The van der Waals surface area contributed by atoms with E-state index in [0.29, 0.717) is 0 Å². The van der Waals surface area contributed by atoms with Crippen LogP contribution in [0.15, 0.2) is 53.4 Å². The molecule has 27 heavy (non-hydrogen) atoms. The van der Waals surface area contributed by atoms with E-state index in [1.54, 1.807) is 19.2 Å². The summed E-state index contributed by atoms with van der Waals surface area (Å²) in [5.74, 6) is -1.22. The zero-order chi connectivity index (χ0) is 19.9. The predicted octanol–water partition coefficient (Wildman–Crippen LogP) is 2.17. The molecule has 0 unspecified atom stereocenters. The van der Waals surface area contributed by atoms with Gasteiger partial charge in [0.25, 0.3) is 0 Å². The molecule has 0 fully saturated rings. The molecular formula is C18H20F2N2O4S. The van der Waals surface area contributed by atoms with Crippen LogP contribution in [0.3, 0.4) is 0 Å². The fraction of sp³-hybridized carbons (Fsp3) is 0.278. The quantitative estimate of drug-likeness (QED) is 0.703. The minimum Gasteiger partial charge on any atom is -0.489 e. The standard InChI is InChI=1S/C18H20F2N2O4S/c1-22(12-13-26-17-5-3-2-4-16(17)20)18(23)10-11-21-27(24,25)15-8-6-14(19)7-9-15/h2-9,21H,10-13H2,1H3. The van der Waals surface area contributed by atoms with E-state index in [9.17, 15) is 22.0 Å². The topological polar surface area (TPSA) is 75.7 Å². The van der Waals surface area contributed by atoms with Crippen LogP contribution in [0.25, 0.3) is 0 Å². The molecule has 0 aromatic heterocycles. The molecule has 0 atom stereocenters. The van der Waals surface area contributed by atoms with Gasteiger partial charge in [-0.2, -0.15) is 0 Å². The molecule has 1 N–H and O–H groups in total. The van der Waals surface area contributed by atoms with Crippen molar-refractivity contribution < 1.29 is 26.7 Å². The predicted molar refractivity (Wildman–Crippen MR) is 95.7 cm³/mol. The highest BCUT2D eigenvalue weighted by atomic mass is 32.2. The lowest BCUT2D eigenvalue weighted by atomic mass is 10.3. The molecule has 0 aliphatic carbocycles. The number of likely N-dealkylation sites (N-methyl/N-ethyl adjacent to an activating group) is 1. The SMILES string of the molecule is CN(CCOc1ccccc1F)C(=O)CCNS(=O)(=O)c1ccc(F)cc1. The van der Waals surface area contributed by atoms with Gasteiger partial charge in [-0.05, 0) is 36.4 Å². The van der Waals surface area contributed by atoms with E-state index in [0.717, 1.165) is 24.3 Å². The Hall–Kier alpha value is -2.52. The van der Waals surface area contributed by atoms with Crippen molar-refractivity contribution >= 4 is 15.9 Å². The number of amides is 1. The molecule has 9 heteroatoms. The van der Waals surface area contributed by atoms with Crippen LogP contribution in [0.5, 0.6) is 5.75 Å². The van der Waals surface area contributed by atoms with E-state index in [-0.39, 0.29) is 42.7 Å². The molecule has 0 radical (unpaired) electrons. The van der Waals surface area contributed by atoms with Gasteiger partial charge >= 0.3 is 0 Å². The van der Waals surface area contributed by atoms with Gasteiger partial charge in [0, 0.05) is 20.0 Å². The maximum atomic E-state index is 13.4. The minimum atomic E-state index is -3.81. The van der Waals surface area contributed by atoms with Crippen molar-refractivity contribution in [3.63, 3.8) is 0 Å². The van der Waals surface area contributed by atoms with Gasteiger partial charge in [-0.1, -0.05) is 12.1 Å². The first-order chi connectivity index (χ1) is 12.8. The monoisotopic (exact) mass is 398 g/mol. The van der Waals surface area contributed by atoms with Gasteiger partial charge in [0.15, 0.2) is 11.6 Å². The van der Waals surface area contributed by atoms with E-state index >= 15 is 0 Å². The number of ether oxygens (including phenoxy) is 1. The van der Waals surface area contributed by atoms with Gasteiger partial charge in [-0.3, -0.25) is 4.79 Å². The molecule has 146 valence electrons. The van der Waals surface area contributed by atoms with Gasteiger partial charge in [0.05, 0.1) is 11.4 Å². The molecule has 6 nitrogen and oxygen atoms in total. The molecule has 1 amide bonds. The van der Waals surface area contributed by atoms with E-state index < -0.39 is 21.7 Å². The van der Waals surface area contributed by atoms with E-state index in [4.69, 9.17) is 4.74 Å². The number of carbonyl (C=O) groups is 1. The Bertz CT molecular complexity index is 873. The van der Waals surface area contributed by atoms with Crippen LogP contribution in [-0.4, -0.2) is 46.0 Å². The van der Waals surface area contributed by atoms with Crippen LogP contribution < -0.4 is 9.46 Å². The summed E-state index contributed by atoms with van der Waals surface area (Å²) in [7, 11) is -2.27. The number of hydrogen-bond acceptors (Lipinski definition) is 4. The van der Waals surface area contributed by atoms with Crippen molar-refractivity contribution in [3.8, 4) is 5.75 Å². The van der Waals surface area contributed by atoms with Crippen LogP contribution in [0, 0.1) is 11.6 Å². The summed E-state index contributed by atoms with van der Waals surface area (Å²) >= 11 is 0. The zero-order valence-electron chi connectivity index (χ0n) is 14.7. The number of rotatable bonds is 9. The first-order valence-corrected chi connectivity index (χ1v) is 9.64. The number of carbonyl (C=O) groups excluding carboxylic acids is 1.